The van der Waals surface area contributed by atoms with Crippen molar-refractivity contribution in [2.75, 3.05) is 20.1 Å². The Morgan fingerprint density at radius 1 is 1.25 bits per heavy atom. The standard InChI is InChI=1S/C14H22N2/c1-16-10-13(14(15)11-16)9-5-8-12-6-3-2-4-7-12/h2-4,6-7,13-14H,5,8-11,15H2,1H3/t13-,14-/m0/s1. The Labute approximate surface area is 98.4 Å². The molecule has 0 aliphatic carbocycles. The third-order valence-corrected chi connectivity index (χ3v) is 3.56. The lowest BCUT2D eigenvalue weighted by atomic mass is 9.96. The average molecular weight is 218 g/mol. The molecule has 2 nitrogen and oxygen atoms in total. The molecule has 0 saturated carbocycles. The van der Waals surface area contributed by atoms with E-state index in [2.05, 4.69) is 42.3 Å². The zero-order valence-corrected chi connectivity index (χ0v) is 10.1. The minimum Gasteiger partial charge on any atom is -0.326 e. The predicted octanol–water partition coefficient (Wildman–Crippen LogP) is 1.90. The van der Waals surface area contributed by atoms with Crippen molar-refractivity contribution in [3.8, 4) is 0 Å². The molecular formula is C14H22N2. The first-order chi connectivity index (χ1) is 7.75. The second-order valence-corrected chi connectivity index (χ2v) is 5.02. The maximum atomic E-state index is 6.11. The molecule has 1 aliphatic heterocycles. The first-order valence-electron chi connectivity index (χ1n) is 6.24. The van der Waals surface area contributed by atoms with Gasteiger partial charge in [0.05, 0.1) is 0 Å². The Bertz CT molecular complexity index is 310. The Morgan fingerprint density at radius 3 is 2.62 bits per heavy atom. The van der Waals surface area contributed by atoms with E-state index in [4.69, 9.17) is 5.73 Å². The van der Waals surface area contributed by atoms with Crippen LogP contribution in [0.1, 0.15) is 18.4 Å². The second kappa shape index (κ2) is 5.46. The summed E-state index contributed by atoms with van der Waals surface area (Å²) in [7, 11) is 2.16. The van der Waals surface area contributed by atoms with Gasteiger partial charge in [-0.25, -0.2) is 0 Å². The van der Waals surface area contributed by atoms with E-state index in [9.17, 15) is 0 Å². The van der Waals surface area contributed by atoms with Crippen molar-refractivity contribution >= 4 is 0 Å². The van der Waals surface area contributed by atoms with Crippen molar-refractivity contribution in [3.63, 3.8) is 0 Å². The van der Waals surface area contributed by atoms with Crippen LogP contribution in [0.4, 0.5) is 0 Å². The highest BCUT2D eigenvalue weighted by atomic mass is 15.1. The quantitative estimate of drug-likeness (QED) is 0.836. The van der Waals surface area contributed by atoms with Gasteiger partial charge in [-0.2, -0.15) is 0 Å². The van der Waals surface area contributed by atoms with Gasteiger partial charge in [0.15, 0.2) is 0 Å². The van der Waals surface area contributed by atoms with Crippen molar-refractivity contribution in [3.05, 3.63) is 35.9 Å². The molecular weight excluding hydrogens is 196 g/mol. The molecule has 2 N–H and O–H groups in total. The molecule has 1 aromatic rings. The fourth-order valence-corrected chi connectivity index (χ4v) is 2.64. The zero-order valence-electron chi connectivity index (χ0n) is 10.1. The molecule has 2 rings (SSSR count). The molecule has 0 bridgehead atoms. The number of rotatable bonds is 4. The van der Waals surface area contributed by atoms with Crippen LogP contribution >= 0.6 is 0 Å². The van der Waals surface area contributed by atoms with E-state index in [0.29, 0.717) is 12.0 Å². The molecule has 1 fully saturated rings. The van der Waals surface area contributed by atoms with Crippen molar-refractivity contribution in [1.82, 2.24) is 4.90 Å². The monoisotopic (exact) mass is 218 g/mol. The number of aryl methyl sites for hydroxylation is 1. The summed E-state index contributed by atoms with van der Waals surface area (Å²) in [6.07, 6.45) is 3.71. The highest BCUT2D eigenvalue weighted by Gasteiger charge is 2.26. The van der Waals surface area contributed by atoms with Gasteiger partial charge in [-0.1, -0.05) is 30.3 Å². The van der Waals surface area contributed by atoms with Crippen LogP contribution in [0.15, 0.2) is 30.3 Å². The fraction of sp³-hybridized carbons (Fsp3) is 0.571. The molecule has 1 aromatic carbocycles. The molecule has 1 saturated heterocycles. The Hall–Kier alpha value is -0.860. The maximum Gasteiger partial charge on any atom is 0.0208 e. The summed E-state index contributed by atoms with van der Waals surface area (Å²) in [6, 6.07) is 11.1. The second-order valence-electron chi connectivity index (χ2n) is 5.02. The van der Waals surface area contributed by atoms with Crippen LogP contribution in [0.3, 0.4) is 0 Å². The largest absolute Gasteiger partial charge is 0.326 e. The summed E-state index contributed by atoms with van der Waals surface area (Å²) in [5, 5.41) is 0. The number of nitrogens with zero attached hydrogens (tertiary/aromatic N) is 1. The smallest absolute Gasteiger partial charge is 0.0208 e. The van der Waals surface area contributed by atoms with Crippen LogP contribution in [-0.4, -0.2) is 31.1 Å². The SMILES string of the molecule is CN1C[C@H](CCCc2ccccc2)[C@@H](N)C1. The number of hydrogen-bond acceptors (Lipinski definition) is 2. The van der Waals surface area contributed by atoms with Crippen LogP contribution in [0.25, 0.3) is 0 Å². The van der Waals surface area contributed by atoms with Gasteiger partial charge in [0.2, 0.25) is 0 Å². The van der Waals surface area contributed by atoms with Gasteiger partial charge >= 0.3 is 0 Å². The highest BCUT2D eigenvalue weighted by Crippen LogP contribution is 2.20. The van der Waals surface area contributed by atoms with Gasteiger partial charge in [-0.05, 0) is 37.8 Å². The van der Waals surface area contributed by atoms with E-state index in [1.54, 1.807) is 0 Å². The number of likely N-dealkylation sites (tertiary alicyclic amines) is 1. The van der Waals surface area contributed by atoms with E-state index in [1.807, 2.05) is 0 Å². The molecule has 0 amide bonds. The topological polar surface area (TPSA) is 29.3 Å². The molecule has 0 radical (unpaired) electrons. The van der Waals surface area contributed by atoms with E-state index in [0.717, 1.165) is 6.54 Å². The van der Waals surface area contributed by atoms with E-state index < -0.39 is 0 Å². The summed E-state index contributed by atoms with van der Waals surface area (Å²) in [4.78, 5) is 2.35. The molecule has 1 aliphatic rings. The molecule has 0 unspecified atom stereocenters. The first kappa shape index (κ1) is 11.6. The molecule has 0 spiro atoms. The summed E-state index contributed by atoms with van der Waals surface area (Å²) in [5.41, 5.74) is 7.55. The number of likely N-dealkylation sites (N-methyl/N-ethyl adjacent to an activating group) is 1. The van der Waals surface area contributed by atoms with Crippen LogP contribution in [-0.2, 0) is 6.42 Å². The molecule has 88 valence electrons. The van der Waals surface area contributed by atoms with Crippen LogP contribution < -0.4 is 5.73 Å². The van der Waals surface area contributed by atoms with E-state index >= 15 is 0 Å². The number of nitrogens with two attached hydrogens (primary N) is 1. The van der Waals surface area contributed by atoms with Crippen LogP contribution in [0.2, 0.25) is 0 Å². The Kier molecular flexibility index (Phi) is 3.97. The summed E-state index contributed by atoms with van der Waals surface area (Å²) < 4.78 is 0. The number of benzene rings is 1. The highest BCUT2D eigenvalue weighted by molar-refractivity contribution is 5.14. The third kappa shape index (κ3) is 3.06. The zero-order chi connectivity index (χ0) is 11.4. The molecule has 2 heteroatoms. The normalized spacial score (nSPS) is 26.1. The van der Waals surface area contributed by atoms with Crippen LogP contribution in [0.5, 0.6) is 0 Å². The lowest BCUT2D eigenvalue weighted by molar-refractivity contribution is 0.384. The summed E-state index contributed by atoms with van der Waals surface area (Å²) in [5.74, 6) is 0.703. The molecule has 16 heavy (non-hydrogen) atoms. The van der Waals surface area contributed by atoms with Crippen LogP contribution in [0, 0.1) is 5.92 Å². The van der Waals surface area contributed by atoms with Crippen molar-refractivity contribution in [2.45, 2.75) is 25.3 Å². The minimum absolute atomic E-state index is 0.390. The fourth-order valence-electron chi connectivity index (χ4n) is 2.64. The third-order valence-electron chi connectivity index (χ3n) is 3.56. The van der Waals surface area contributed by atoms with Crippen molar-refractivity contribution in [2.24, 2.45) is 11.7 Å². The lowest BCUT2D eigenvalue weighted by Gasteiger charge is -2.13. The molecule has 1 heterocycles. The van der Waals surface area contributed by atoms with E-state index in [-0.39, 0.29) is 0 Å². The minimum atomic E-state index is 0.390. The maximum absolute atomic E-state index is 6.11. The summed E-state index contributed by atoms with van der Waals surface area (Å²) in [6.45, 7) is 2.24. The molecule has 0 aromatic heterocycles. The average Bonchev–Trinajstić information content (AvgIpc) is 2.59. The number of hydrogen-bond donors (Lipinski definition) is 1. The van der Waals surface area contributed by atoms with E-state index in [1.165, 1.54) is 31.4 Å². The Morgan fingerprint density at radius 2 is 2.00 bits per heavy atom. The van der Waals surface area contributed by atoms with Gasteiger partial charge in [0.1, 0.15) is 0 Å². The lowest BCUT2D eigenvalue weighted by Crippen LogP contribution is -2.29. The first-order valence-corrected chi connectivity index (χ1v) is 6.24. The summed E-state index contributed by atoms with van der Waals surface area (Å²) >= 11 is 0. The van der Waals surface area contributed by atoms with Gasteiger partial charge in [-0.3, -0.25) is 0 Å². The predicted molar refractivity (Wildman–Crippen MR) is 68.3 cm³/mol. The van der Waals surface area contributed by atoms with Crippen molar-refractivity contribution in [1.29, 1.82) is 0 Å². The van der Waals surface area contributed by atoms with Gasteiger partial charge in [0.25, 0.3) is 0 Å². The van der Waals surface area contributed by atoms with Gasteiger partial charge in [0, 0.05) is 19.1 Å². The molecule has 2 atom stereocenters. The van der Waals surface area contributed by atoms with Gasteiger partial charge in [-0.15, -0.1) is 0 Å². The van der Waals surface area contributed by atoms with Gasteiger partial charge < -0.3 is 10.6 Å². The van der Waals surface area contributed by atoms with Crippen molar-refractivity contribution < 1.29 is 0 Å². The Balaban J connectivity index is 1.72.